The van der Waals surface area contributed by atoms with E-state index in [-0.39, 0.29) is 10.8 Å². The third-order valence-corrected chi connectivity index (χ3v) is 9.73. The fraction of sp³-hybridized carbons (Fsp3) is 0.405. The first-order chi connectivity index (χ1) is 20.7. The number of anilines is 1. The van der Waals surface area contributed by atoms with Crippen LogP contribution in [-0.4, -0.2) is 50.0 Å². The molecule has 0 atom stereocenters. The van der Waals surface area contributed by atoms with Gasteiger partial charge in [-0.2, -0.15) is 4.58 Å². The number of hydrogen-bond acceptors (Lipinski definition) is 4. The van der Waals surface area contributed by atoms with Gasteiger partial charge in [0, 0.05) is 52.5 Å². The smallest absolute Gasteiger partial charge is 0.293 e. The van der Waals surface area contributed by atoms with E-state index >= 15 is 0 Å². The van der Waals surface area contributed by atoms with E-state index in [1.54, 1.807) is 0 Å². The van der Waals surface area contributed by atoms with Crippen molar-refractivity contribution in [1.29, 1.82) is 0 Å². The van der Waals surface area contributed by atoms with Crippen LogP contribution in [0.5, 0.6) is 0 Å². The topological polar surface area (TPSA) is 44.6 Å². The summed E-state index contributed by atoms with van der Waals surface area (Å²) in [5, 5.41) is 4.15. The molecule has 0 radical (unpaired) electrons. The summed E-state index contributed by atoms with van der Waals surface area (Å²) in [4.78, 5) is 13.1. The zero-order valence-electron chi connectivity index (χ0n) is 26.3. The summed E-state index contributed by atoms with van der Waals surface area (Å²) in [6.45, 7) is 12.6. The van der Waals surface area contributed by atoms with Crippen molar-refractivity contribution in [3.63, 3.8) is 0 Å². The zero-order valence-corrected chi connectivity index (χ0v) is 27.0. The lowest BCUT2D eigenvalue weighted by Gasteiger charge is -2.27. The van der Waals surface area contributed by atoms with Crippen LogP contribution < -0.4 is 10.2 Å². The molecule has 0 amide bonds. The molecule has 0 aromatic heterocycles. The zero-order chi connectivity index (χ0) is 30.6. The molecule has 2 aliphatic heterocycles. The van der Waals surface area contributed by atoms with E-state index in [1.165, 1.54) is 39.4 Å². The minimum Gasteiger partial charge on any atom is -0.466 e. The van der Waals surface area contributed by atoms with Gasteiger partial charge in [0.2, 0.25) is 5.69 Å². The Hall–Kier alpha value is -3.41. The van der Waals surface area contributed by atoms with Crippen LogP contribution >= 0.6 is 11.6 Å². The first kappa shape index (κ1) is 31.0. The molecular formula is C37H45ClN3O2+. The van der Waals surface area contributed by atoms with Gasteiger partial charge < -0.3 is 15.0 Å². The second kappa shape index (κ2) is 13.1. The number of benzene rings is 2. The Bertz CT molecular complexity index is 1530. The Kier molecular flexibility index (Phi) is 9.43. The number of halogens is 1. The molecule has 0 saturated carbocycles. The summed E-state index contributed by atoms with van der Waals surface area (Å²) in [5.74, 6) is 0. The monoisotopic (exact) mass is 598 g/mol. The van der Waals surface area contributed by atoms with Crippen LogP contribution in [0.2, 0.25) is 0 Å². The van der Waals surface area contributed by atoms with Crippen molar-refractivity contribution in [2.24, 2.45) is 0 Å². The van der Waals surface area contributed by atoms with Crippen LogP contribution in [0.15, 0.2) is 94.7 Å². The lowest BCUT2D eigenvalue weighted by Crippen LogP contribution is -2.29. The van der Waals surface area contributed by atoms with Crippen LogP contribution in [0, 0.1) is 0 Å². The van der Waals surface area contributed by atoms with Crippen molar-refractivity contribution < 1.29 is 14.1 Å². The second-order valence-corrected chi connectivity index (χ2v) is 13.0. The highest BCUT2D eigenvalue weighted by molar-refractivity contribution is 6.32. The van der Waals surface area contributed by atoms with E-state index in [9.17, 15) is 4.79 Å². The Morgan fingerprint density at radius 3 is 2.49 bits per heavy atom. The van der Waals surface area contributed by atoms with Crippen molar-refractivity contribution >= 4 is 35.2 Å². The quantitative estimate of drug-likeness (QED) is 0.164. The Labute approximate surface area is 262 Å². The first-order valence-electron chi connectivity index (χ1n) is 15.5. The van der Waals surface area contributed by atoms with Crippen molar-refractivity contribution in [3.8, 4) is 0 Å². The molecule has 1 N–H and O–H groups in total. The molecule has 0 bridgehead atoms. The standard InChI is InChI=1S/C37H45ClN3O2/c1-36(2)29-14-6-8-16-31(29)40(23-11-22-39-5)33(36)20-18-27-12-10-13-28(35(27)38)19-21-34-37(3,4)30-15-7-9-17-32(30)41(34)24-25-43-26-42/h6-9,14-21,26,39H,10-13,22-25H2,1-5H3/q+1. The molecule has 43 heavy (non-hydrogen) atoms. The van der Waals surface area contributed by atoms with Crippen LogP contribution in [0.1, 0.15) is 64.5 Å². The fourth-order valence-corrected chi connectivity index (χ4v) is 7.25. The Morgan fingerprint density at radius 1 is 0.977 bits per heavy atom. The highest BCUT2D eigenvalue weighted by atomic mass is 35.5. The van der Waals surface area contributed by atoms with Gasteiger partial charge in [-0.15, -0.1) is 0 Å². The van der Waals surface area contributed by atoms with Crippen LogP contribution in [0.4, 0.5) is 11.4 Å². The average molecular weight is 599 g/mol. The van der Waals surface area contributed by atoms with Crippen LogP contribution in [0.25, 0.3) is 0 Å². The van der Waals surface area contributed by atoms with Crippen molar-refractivity contribution in [2.45, 2.75) is 64.2 Å². The molecule has 0 fully saturated rings. The molecule has 2 aromatic carbocycles. The molecule has 1 aliphatic carbocycles. The van der Waals surface area contributed by atoms with Crippen molar-refractivity contribution in [1.82, 2.24) is 5.32 Å². The normalized spacial score (nSPS) is 20.8. The van der Waals surface area contributed by atoms with Gasteiger partial charge in [-0.1, -0.05) is 74.0 Å². The summed E-state index contributed by atoms with van der Waals surface area (Å²) >= 11 is 7.14. The lowest BCUT2D eigenvalue weighted by molar-refractivity contribution is -0.437. The second-order valence-electron chi connectivity index (χ2n) is 12.7. The molecule has 5 nitrogen and oxygen atoms in total. The highest BCUT2D eigenvalue weighted by Gasteiger charge is 2.44. The molecule has 0 unspecified atom stereocenters. The van der Waals surface area contributed by atoms with Gasteiger partial charge in [-0.25, -0.2) is 0 Å². The molecule has 6 heteroatoms. The molecule has 0 spiro atoms. The maximum atomic E-state index is 10.8. The van der Waals surface area contributed by atoms with Gasteiger partial charge in [0.05, 0.1) is 12.0 Å². The molecule has 226 valence electrons. The summed E-state index contributed by atoms with van der Waals surface area (Å²) in [5.41, 5.74) is 9.71. The maximum Gasteiger partial charge on any atom is 0.293 e. The molecule has 2 aromatic rings. The third kappa shape index (κ3) is 6.03. The van der Waals surface area contributed by atoms with E-state index < -0.39 is 0 Å². The first-order valence-corrected chi connectivity index (χ1v) is 15.9. The summed E-state index contributed by atoms with van der Waals surface area (Å²) in [7, 11) is 2.01. The average Bonchev–Trinajstić information content (AvgIpc) is 3.35. The third-order valence-electron chi connectivity index (χ3n) is 9.25. The molecule has 0 saturated heterocycles. The number of ether oxygens (including phenoxy) is 1. The van der Waals surface area contributed by atoms with Crippen molar-refractivity contribution in [3.05, 3.63) is 106 Å². The van der Waals surface area contributed by atoms with Gasteiger partial charge >= 0.3 is 0 Å². The number of nitrogens with one attached hydrogen (secondary N) is 1. The highest BCUT2D eigenvalue weighted by Crippen LogP contribution is 2.48. The molecular weight excluding hydrogens is 554 g/mol. The Morgan fingerprint density at radius 2 is 1.72 bits per heavy atom. The number of carbonyl (C=O) groups is 1. The summed E-state index contributed by atoms with van der Waals surface area (Å²) in [6.07, 6.45) is 13.1. The number of rotatable bonds is 11. The van der Waals surface area contributed by atoms with Gasteiger partial charge in [0.25, 0.3) is 6.47 Å². The van der Waals surface area contributed by atoms with E-state index in [0.29, 0.717) is 19.6 Å². The van der Waals surface area contributed by atoms with Crippen LogP contribution in [-0.2, 0) is 20.4 Å². The fourth-order valence-electron chi connectivity index (χ4n) is 6.94. The van der Waals surface area contributed by atoms with Gasteiger partial charge in [0.1, 0.15) is 6.61 Å². The van der Waals surface area contributed by atoms with E-state index in [0.717, 1.165) is 49.5 Å². The lowest BCUT2D eigenvalue weighted by atomic mass is 9.81. The minimum absolute atomic E-state index is 0.0857. The number of carbonyl (C=O) groups excluding carboxylic acids is 1. The molecule has 3 aliphatic rings. The summed E-state index contributed by atoms with van der Waals surface area (Å²) in [6, 6.07) is 17.3. The molecule has 2 heterocycles. The van der Waals surface area contributed by atoms with Gasteiger partial charge in [0.15, 0.2) is 12.3 Å². The van der Waals surface area contributed by atoms with Gasteiger partial charge in [-0.3, -0.25) is 4.79 Å². The van der Waals surface area contributed by atoms with E-state index in [1.807, 2.05) is 7.05 Å². The molecule has 5 rings (SSSR count). The van der Waals surface area contributed by atoms with Crippen molar-refractivity contribution in [2.75, 3.05) is 38.2 Å². The van der Waals surface area contributed by atoms with E-state index in [2.05, 4.69) is 115 Å². The predicted octanol–water partition coefficient (Wildman–Crippen LogP) is 7.69. The SMILES string of the molecule is CNCCC[N+]1=C(C=CC2=C(Cl)C(=CC=C3N(CCOC=O)c4ccccc4C3(C)C)CCC2)C(C)(C)c2ccccc21. The number of hydrogen-bond donors (Lipinski definition) is 1. The predicted molar refractivity (Wildman–Crippen MR) is 179 cm³/mol. The summed E-state index contributed by atoms with van der Waals surface area (Å²) < 4.78 is 7.57. The van der Waals surface area contributed by atoms with E-state index in [4.69, 9.17) is 16.3 Å². The minimum atomic E-state index is -0.182. The number of para-hydroxylation sites is 2. The number of nitrogens with zero attached hydrogens (tertiary/aromatic N) is 2. The Balaban J connectivity index is 1.47. The maximum absolute atomic E-state index is 10.8. The van der Waals surface area contributed by atoms with Gasteiger partial charge in [-0.05, 0) is 69.0 Å². The number of allylic oxidation sites excluding steroid dienone is 8. The number of fused-ring (bicyclic) bond motifs is 2. The van der Waals surface area contributed by atoms with Crippen LogP contribution in [0.3, 0.4) is 0 Å². The largest absolute Gasteiger partial charge is 0.466 e.